The molecule has 6 N–H and O–H groups in total. The van der Waals surface area contributed by atoms with Gasteiger partial charge in [-0.3, -0.25) is 13.8 Å². The molecule has 12 nitrogen and oxygen atoms in total. The van der Waals surface area contributed by atoms with E-state index in [0.717, 1.165) is 57.8 Å². The molecule has 1 aliphatic rings. The second-order valence-corrected chi connectivity index (χ2v) is 20.5. The first-order valence-corrected chi connectivity index (χ1v) is 28.8. The minimum absolute atomic E-state index is 0.0799. The molecule has 0 saturated heterocycles. The van der Waals surface area contributed by atoms with Gasteiger partial charge in [-0.15, -0.1) is 0 Å². The van der Waals surface area contributed by atoms with Crippen molar-refractivity contribution >= 4 is 13.8 Å². The van der Waals surface area contributed by atoms with Gasteiger partial charge in [-0.25, -0.2) is 4.57 Å². The Bertz CT molecular complexity index is 1250. The van der Waals surface area contributed by atoms with Crippen molar-refractivity contribution in [3.8, 4) is 0 Å². The third-order valence-corrected chi connectivity index (χ3v) is 13.7. The van der Waals surface area contributed by atoms with E-state index in [0.29, 0.717) is 13.0 Å². The van der Waals surface area contributed by atoms with E-state index in [9.17, 15) is 39.8 Å². The number of aliphatic hydroxyl groups is 5. The number of phosphoric acid groups is 1. The molecule has 0 spiro atoms. The van der Waals surface area contributed by atoms with Crippen LogP contribution in [0.3, 0.4) is 0 Å². The van der Waals surface area contributed by atoms with Gasteiger partial charge in [-0.1, -0.05) is 198 Å². The number of esters is 1. The fourth-order valence-electron chi connectivity index (χ4n) is 8.38. The minimum atomic E-state index is -5.03. The Hall–Kier alpha value is -1.44. The summed E-state index contributed by atoms with van der Waals surface area (Å²) in [6, 6.07) is 0. The molecule has 1 rings (SSSR count). The van der Waals surface area contributed by atoms with Crippen LogP contribution in [-0.4, -0.2) is 98.9 Å². The molecule has 0 aromatic rings. The van der Waals surface area contributed by atoms with Gasteiger partial charge in [0.25, 0.3) is 0 Å². The first-order chi connectivity index (χ1) is 32.5. The van der Waals surface area contributed by atoms with E-state index in [-0.39, 0.29) is 13.0 Å². The smallest absolute Gasteiger partial charge is 0.457 e. The fraction of sp³-hybridized carbons (Fsp3) is 0.870. The zero-order valence-electron chi connectivity index (χ0n) is 42.5. The molecular formula is C54H101O12P. The second-order valence-electron chi connectivity index (χ2n) is 19.1. The van der Waals surface area contributed by atoms with E-state index in [1.165, 1.54) is 154 Å². The lowest BCUT2D eigenvalue weighted by Crippen LogP contribution is -2.64. The van der Waals surface area contributed by atoms with Gasteiger partial charge in [0.05, 0.1) is 13.2 Å². The third kappa shape index (κ3) is 36.2. The molecule has 1 fully saturated rings. The molecule has 13 heteroatoms. The van der Waals surface area contributed by atoms with Crippen LogP contribution in [0, 0.1) is 0 Å². The van der Waals surface area contributed by atoms with Crippen molar-refractivity contribution in [2.75, 3.05) is 19.8 Å². The van der Waals surface area contributed by atoms with Gasteiger partial charge >= 0.3 is 13.8 Å². The van der Waals surface area contributed by atoms with Crippen LogP contribution in [0.15, 0.2) is 36.5 Å². The summed E-state index contributed by atoms with van der Waals surface area (Å²) >= 11 is 0. The van der Waals surface area contributed by atoms with Crippen molar-refractivity contribution in [3.05, 3.63) is 36.5 Å². The maximum atomic E-state index is 12.9. The van der Waals surface area contributed by atoms with Gasteiger partial charge in [0.2, 0.25) is 0 Å². The van der Waals surface area contributed by atoms with Crippen LogP contribution >= 0.6 is 7.82 Å². The molecular weight excluding hydrogens is 872 g/mol. The fourth-order valence-corrected chi connectivity index (χ4v) is 9.35. The van der Waals surface area contributed by atoms with E-state index in [2.05, 4.69) is 50.3 Å². The van der Waals surface area contributed by atoms with Crippen LogP contribution in [0.5, 0.6) is 0 Å². The number of allylic oxidation sites excluding steroid dienone is 6. The molecule has 0 bridgehead atoms. The number of rotatable bonds is 47. The number of carbonyl (C=O) groups excluding carboxylic acids is 1. The van der Waals surface area contributed by atoms with Crippen LogP contribution in [0.1, 0.15) is 239 Å². The van der Waals surface area contributed by atoms with Crippen LogP contribution in [0.2, 0.25) is 0 Å². The highest BCUT2D eigenvalue weighted by atomic mass is 31.2. The van der Waals surface area contributed by atoms with Gasteiger partial charge in [0.1, 0.15) is 42.7 Å². The van der Waals surface area contributed by atoms with Crippen LogP contribution < -0.4 is 0 Å². The predicted molar refractivity (Wildman–Crippen MR) is 272 cm³/mol. The summed E-state index contributed by atoms with van der Waals surface area (Å²) in [4.78, 5) is 23.3. The van der Waals surface area contributed by atoms with E-state index >= 15 is 0 Å². The van der Waals surface area contributed by atoms with E-state index in [1.54, 1.807) is 0 Å². The van der Waals surface area contributed by atoms with Crippen molar-refractivity contribution in [3.63, 3.8) is 0 Å². The quantitative estimate of drug-likeness (QED) is 0.0147. The number of unbranched alkanes of at least 4 members (excludes halogenated alkanes) is 29. The summed E-state index contributed by atoms with van der Waals surface area (Å²) in [7, 11) is -5.03. The molecule has 6 atom stereocenters. The standard InChI is InChI=1S/C54H101O12P/c1-3-5-7-9-11-13-15-17-19-21-23-24-25-27-29-31-33-35-37-39-41-43-48(55)65-47(46-64-67(61,62)66-54-52(59)50(57)49(56)51(58)53(54)60)45-63-44-42-40-38-36-34-32-30-28-26-22-20-18-16-14-12-10-8-6-4-2/h14,16,20-23,47,49-54,56-60H,3-13,15,17-19,24-46H2,1-2H3,(H,61,62)/b16-14-,22-20-,23-21-. The molecule has 1 saturated carbocycles. The highest BCUT2D eigenvalue weighted by Crippen LogP contribution is 2.47. The van der Waals surface area contributed by atoms with Gasteiger partial charge < -0.3 is 39.9 Å². The van der Waals surface area contributed by atoms with Gasteiger partial charge in [-0.2, -0.15) is 0 Å². The van der Waals surface area contributed by atoms with Crippen molar-refractivity contribution in [1.82, 2.24) is 0 Å². The number of aliphatic hydroxyl groups excluding tert-OH is 5. The van der Waals surface area contributed by atoms with Crippen LogP contribution in [0.25, 0.3) is 0 Å². The SMILES string of the molecule is CCCCCC/C=C\C/C=C\CCCCCCCCCCOCC(COP(=O)(O)OC1C(O)C(O)C(O)C(O)C1O)OC(=O)CCCCCCCCCCC/C=C\CCCCCCCCCC. The van der Waals surface area contributed by atoms with Gasteiger partial charge in [0, 0.05) is 13.0 Å². The molecule has 0 amide bonds. The zero-order chi connectivity index (χ0) is 49.1. The number of ether oxygens (including phenoxy) is 2. The first-order valence-electron chi connectivity index (χ1n) is 27.3. The Balaban J connectivity index is 2.32. The van der Waals surface area contributed by atoms with Crippen LogP contribution in [-0.2, 0) is 27.9 Å². The lowest BCUT2D eigenvalue weighted by atomic mass is 9.85. The Kier molecular flexibility index (Phi) is 42.2. The van der Waals surface area contributed by atoms with Gasteiger partial charge in [0.15, 0.2) is 0 Å². The molecule has 6 unspecified atom stereocenters. The summed E-state index contributed by atoms with van der Waals surface area (Å²) in [6.07, 6.45) is 42.1. The molecule has 0 aromatic heterocycles. The largest absolute Gasteiger partial charge is 0.472 e. The summed E-state index contributed by atoms with van der Waals surface area (Å²) < 4.78 is 34.4. The van der Waals surface area contributed by atoms with Crippen molar-refractivity contribution < 1.29 is 58.3 Å². The molecule has 0 aromatic carbocycles. The summed E-state index contributed by atoms with van der Waals surface area (Å²) in [5.74, 6) is -0.479. The van der Waals surface area contributed by atoms with Crippen molar-refractivity contribution in [2.45, 2.75) is 281 Å². The zero-order valence-corrected chi connectivity index (χ0v) is 43.4. The second kappa shape index (κ2) is 44.5. The molecule has 394 valence electrons. The Morgan fingerprint density at radius 3 is 1.28 bits per heavy atom. The third-order valence-electron chi connectivity index (χ3n) is 12.7. The van der Waals surface area contributed by atoms with Crippen molar-refractivity contribution in [1.29, 1.82) is 0 Å². The van der Waals surface area contributed by atoms with E-state index in [1.807, 2.05) is 0 Å². The normalized spacial score (nSPS) is 21.5. The van der Waals surface area contributed by atoms with Crippen molar-refractivity contribution in [2.24, 2.45) is 0 Å². The number of hydrogen-bond acceptors (Lipinski definition) is 11. The monoisotopic (exact) mass is 973 g/mol. The summed E-state index contributed by atoms with van der Waals surface area (Å²) in [6.45, 7) is 4.26. The maximum Gasteiger partial charge on any atom is 0.472 e. The summed E-state index contributed by atoms with van der Waals surface area (Å²) in [5.41, 5.74) is 0. The highest BCUT2D eigenvalue weighted by Gasteiger charge is 2.51. The number of hydrogen-bond donors (Lipinski definition) is 6. The molecule has 67 heavy (non-hydrogen) atoms. The Morgan fingerprint density at radius 2 is 0.836 bits per heavy atom. The lowest BCUT2D eigenvalue weighted by molar-refractivity contribution is -0.220. The van der Waals surface area contributed by atoms with E-state index in [4.69, 9.17) is 18.5 Å². The number of carbonyl (C=O) groups is 1. The molecule has 1 aliphatic carbocycles. The summed E-state index contributed by atoms with van der Waals surface area (Å²) in [5, 5.41) is 50.4. The predicted octanol–water partition coefficient (Wildman–Crippen LogP) is 12.6. The van der Waals surface area contributed by atoms with Gasteiger partial charge in [-0.05, 0) is 70.6 Å². The molecule has 0 radical (unpaired) electrons. The molecule has 0 heterocycles. The Morgan fingerprint density at radius 1 is 0.478 bits per heavy atom. The topological polar surface area (TPSA) is 192 Å². The highest BCUT2D eigenvalue weighted by molar-refractivity contribution is 7.47. The molecule has 0 aliphatic heterocycles. The average molecular weight is 973 g/mol. The Labute approximate surface area is 408 Å². The van der Waals surface area contributed by atoms with E-state index < -0.39 is 63.1 Å². The minimum Gasteiger partial charge on any atom is -0.457 e. The average Bonchev–Trinajstić information content (AvgIpc) is 3.31. The maximum absolute atomic E-state index is 12.9. The number of phosphoric ester groups is 1. The first kappa shape index (κ1) is 63.6. The van der Waals surface area contributed by atoms with Crippen LogP contribution in [0.4, 0.5) is 0 Å². The lowest BCUT2D eigenvalue weighted by Gasteiger charge is -2.41.